The average molecular weight is 287 g/mol. The van der Waals surface area contributed by atoms with Crippen molar-refractivity contribution < 1.29 is 9.84 Å². The van der Waals surface area contributed by atoms with Crippen LogP contribution in [0.5, 0.6) is 0 Å². The van der Waals surface area contributed by atoms with Gasteiger partial charge in [0, 0.05) is 37.6 Å². The number of fused-ring (bicyclic) bond motifs is 1. The highest BCUT2D eigenvalue weighted by atomic mass is 16.5. The maximum atomic E-state index is 9.24. The number of aliphatic hydroxyl groups is 1. The van der Waals surface area contributed by atoms with Gasteiger partial charge in [-0.2, -0.15) is 0 Å². The average Bonchev–Trinajstić information content (AvgIpc) is 2.54. The van der Waals surface area contributed by atoms with Crippen molar-refractivity contribution in [1.82, 2.24) is 9.88 Å². The zero-order valence-corrected chi connectivity index (χ0v) is 12.2. The lowest BCUT2D eigenvalue weighted by atomic mass is 10.1. The third kappa shape index (κ3) is 3.15. The van der Waals surface area contributed by atoms with Gasteiger partial charge in [-0.25, -0.2) is 4.98 Å². The minimum atomic E-state index is -0.0785. The summed E-state index contributed by atoms with van der Waals surface area (Å²) in [7, 11) is 1.90. The number of anilines is 1. The van der Waals surface area contributed by atoms with Gasteiger partial charge in [-0.15, -0.1) is 0 Å². The molecule has 0 saturated carbocycles. The number of pyridine rings is 1. The molecule has 112 valence electrons. The zero-order valence-electron chi connectivity index (χ0n) is 12.2. The first-order valence-corrected chi connectivity index (χ1v) is 7.31. The van der Waals surface area contributed by atoms with E-state index in [4.69, 9.17) is 4.74 Å². The number of para-hydroxylation sites is 1. The summed E-state index contributed by atoms with van der Waals surface area (Å²) < 4.78 is 5.50. The molecule has 1 saturated heterocycles. The molecule has 1 aliphatic heterocycles. The molecule has 1 fully saturated rings. The number of morpholine rings is 1. The van der Waals surface area contributed by atoms with Crippen LogP contribution < -0.4 is 5.32 Å². The first kappa shape index (κ1) is 14.3. The van der Waals surface area contributed by atoms with Crippen molar-refractivity contribution in [2.75, 3.05) is 38.7 Å². The standard InChI is InChI=1S/C16H21N3O2/c1-17-16-13(8-12-4-2-3-5-15(12)18-16)9-19-6-7-21-14(10-19)11-20/h2-5,8,14,20H,6-7,9-11H2,1H3,(H,17,18). The van der Waals surface area contributed by atoms with Gasteiger partial charge in [0.05, 0.1) is 24.8 Å². The Morgan fingerprint density at radius 2 is 2.29 bits per heavy atom. The molecule has 1 aromatic carbocycles. The lowest BCUT2D eigenvalue weighted by Gasteiger charge is -2.32. The molecule has 3 rings (SSSR count). The second kappa shape index (κ2) is 6.39. The molecule has 0 bridgehead atoms. The maximum Gasteiger partial charge on any atom is 0.130 e. The van der Waals surface area contributed by atoms with Crippen molar-refractivity contribution in [2.45, 2.75) is 12.6 Å². The van der Waals surface area contributed by atoms with Crippen molar-refractivity contribution in [1.29, 1.82) is 0 Å². The van der Waals surface area contributed by atoms with Crippen molar-refractivity contribution >= 4 is 16.7 Å². The molecule has 0 aliphatic carbocycles. The predicted octanol–water partition coefficient (Wildman–Crippen LogP) is 1.47. The van der Waals surface area contributed by atoms with Crippen LogP contribution in [0.2, 0.25) is 0 Å². The molecule has 1 aromatic heterocycles. The quantitative estimate of drug-likeness (QED) is 0.892. The summed E-state index contributed by atoms with van der Waals surface area (Å²) in [5.41, 5.74) is 2.18. The Labute approximate surface area is 124 Å². The molecular formula is C16H21N3O2. The number of nitrogens with one attached hydrogen (secondary N) is 1. The summed E-state index contributed by atoms with van der Waals surface area (Å²) in [6.45, 7) is 3.19. The van der Waals surface area contributed by atoms with Crippen LogP contribution in [0, 0.1) is 0 Å². The van der Waals surface area contributed by atoms with E-state index in [2.05, 4.69) is 27.3 Å². The molecular weight excluding hydrogens is 266 g/mol. The van der Waals surface area contributed by atoms with E-state index in [-0.39, 0.29) is 12.7 Å². The second-order valence-electron chi connectivity index (χ2n) is 5.35. The van der Waals surface area contributed by atoms with Crippen molar-refractivity contribution in [3.8, 4) is 0 Å². The first-order valence-electron chi connectivity index (χ1n) is 7.31. The van der Waals surface area contributed by atoms with E-state index < -0.39 is 0 Å². The molecule has 0 radical (unpaired) electrons. The Kier molecular flexibility index (Phi) is 4.34. The van der Waals surface area contributed by atoms with Gasteiger partial charge in [0.2, 0.25) is 0 Å². The van der Waals surface area contributed by atoms with E-state index in [1.807, 2.05) is 25.2 Å². The number of aliphatic hydroxyl groups excluding tert-OH is 1. The maximum absolute atomic E-state index is 9.24. The van der Waals surface area contributed by atoms with Crippen LogP contribution in [0.15, 0.2) is 30.3 Å². The zero-order chi connectivity index (χ0) is 14.7. The SMILES string of the molecule is CNc1nc2ccccc2cc1CN1CCOC(CO)C1. The third-order valence-corrected chi connectivity index (χ3v) is 3.86. The lowest BCUT2D eigenvalue weighted by Crippen LogP contribution is -2.43. The minimum absolute atomic E-state index is 0.0748. The fraction of sp³-hybridized carbons (Fsp3) is 0.438. The predicted molar refractivity (Wildman–Crippen MR) is 83.4 cm³/mol. The van der Waals surface area contributed by atoms with E-state index >= 15 is 0 Å². The number of hydrogen-bond acceptors (Lipinski definition) is 5. The Bertz CT molecular complexity index is 617. The summed E-state index contributed by atoms with van der Waals surface area (Å²) in [5.74, 6) is 0.917. The highest BCUT2D eigenvalue weighted by Gasteiger charge is 2.20. The summed E-state index contributed by atoms with van der Waals surface area (Å²) in [6, 6.07) is 10.3. The van der Waals surface area contributed by atoms with E-state index in [1.54, 1.807) is 0 Å². The van der Waals surface area contributed by atoms with Gasteiger partial charge in [0.1, 0.15) is 5.82 Å². The minimum Gasteiger partial charge on any atom is -0.394 e. The Hall–Kier alpha value is -1.69. The Balaban J connectivity index is 1.85. The van der Waals surface area contributed by atoms with Crippen LogP contribution >= 0.6 is 0 Å². The molecule has 1 aliphatic rings. The molecule has 1 unspecified atom stereocenters. The fourth-order valence-electron chi connectivity index (χ4n) is 2.77. The van der Waals surface area contributed by atoms with Crippen LogP contribution in [0.3, 0.4) is 0 Å². The van der Waals surface area contributed by atoms with Crippen molar-refractivity contribution in [2.24, 2.45) is 0 Å². The smallest absolute Gasteiger partial charge is 0.130 e. The fourth-order valence-corrected chi connectivity index (χ4v) is 2.77. The number of rotatable bonds is 4. The van der Waals surface area contributed by atoms with Crippen LogP contribution in [0.1, 0.15) is 5.56 Å². The Morgan fingerprint density at radius 3 is 3.10 bits per heavy atom. The summed E-state index contributed by atoms with van der Waals surface area (Å²) >= 11 is 0. The second-order valence-corrected chi connectivity index (χ2v) is 5.35. The molecule has 2 N–H and O–H groups in total. The van der Waals surface area contributed by atoms with Gasteiger partial charge < -0.3 is 15.2 Å². The van der Waals surface area contributed by atoms with E-state index in [1.165, 1.54) is 5.56 Å². The Morgan fingerprint density at radius 1 is 1.43 bits per heavy atom. The molecule has 0 amide bonds. The molecule has 2 aromatic rings. The van der Waals surface area contributed by atoms with Gasteiger partial charge in [0.15, 0.2) is 0 Å². The van der Waals surface area contributed by atoms with Crippen molar-refractivity contribution in [3.05, 3.63) is 35.9 Å². The van der Waals surface area contributed by atoms with Crippen LogP contribution in [-0.2, 0) is 11.3 Å². The van der Waals surface area contributed by atoms with E-state index in [0.29, 0.717) is 6.61 Å². The normalized spacial score (nSPS) is 19.8. The molecule has 5 heteroatoms. The molecule has 21 heavy (non-hydrogen) atoms. The van der Waals surface area contributed by atoms with Gasteiger partial charge in [-0.3, -0.25) is 4.90 Å². The summed E-state index contributed by atoms with van der Waals surface area (Å²) in [5, 5.41) is 13.6. The van der Waals surface area contributed by atoms with Crippen LogP contribution in [-0.4, -0.2) is 54.4 Å². The molecule has 2 heterocycles. The monoisotopic (exact) mass is 287 g/mol. The van der Waals surface area contributed by atoms with Crippen molar-refractivity contribution in [3.63, 3.8) is 0 Å². The molecule has 0 spiro atoms. The van der Waals surface area contributed by atoms with E-state index in [9.17, 15) is 5.11 Å². The van der Waals surface area contributed by atoms with Crippen LogP contribution in [0.4, 0.5) is 5.82 Å². The number of aromatic nitrogens is 1. The topological polar surface area (TPSA) is 57.6 Å². The summed E-state index contributed by atoms with van der Waals surface area (Å²) in [6.07, 6.45) is -0.0785. The van der Waals surface area contributed by atoms with Gasteiger partial charge in [0.25, 0.3) is 0 Å². The number of ether oxygens (including phenoxy) is 1. The number of nitrogens with zero attached hydrogens (tertiary/aromatic N) is 2. The number of hydrogen-bond donors (Lipinski definition) is 2. The van der Waals surface area contributed by atoms with Gasteiger partial charge in [-0.05, 0) is 12.1 Å². The number of benzene rings is 1. The highest BCUT2D eigenvalue weighted by molar-refractivity contribution is 5.81. The first-order chi connectivity index (χ1) is 10.3. The highest BCUT2D eigenvalue weighted by Crippen LogP contribution is 2.22. The molecule has 1 atom stereocenters. The van der Waals surface area contributed by atoms with Gasteiger partial charge >= 0.3 is 0 Å². The molecule has 5 nitrogen and oxygen atoms in total. The lowest BCUT2D eigenvalue weighted by molar-refractivity contribution is -0.0550. The summed E-state index contributed by atoms with van der Waals surface area (Å²) in [4.78, 5) is 6.98. The van der Waals surface area contributed by atoms with Crippen LogP contribution in [0.25, 0.3) is 10.9 Å². The largest absolute Gasteiger partial charge is 0.394 e. The third-order valence-electron chi connectivity index (χ3n) is 3.86. The van der Waals surface area contributed by atoms with E-state index in [0.717, 1.165) is 36.4 Å². The van der Waals surface area contributed by atoms with Gasteiger partial charge in [-0.1, -0.05) is 18.2 Å².